The lowest BCUT2D eigenvalue weighted by atomic mass is 9.83. The molecule has 1 saturated heterocycles. The average molecular weight is 669 g/mol. The zero-order valence-corrected chi connectivity index (χ0v) is 28.6. The smallest absolute Gasteiger partial charge is 0.410 e. The van der Waals surface area contributed by atoms with Crippen molar-refractivity contribution in [2.45, 2.75) is 121 Å². The Bertz CT molecular complexity index is 1330. The molecule has 0 spiro atoms. The van der Waals surface area contributed by atoms with E-state index in [1.165, 1.54) is 6.33 Å². The number of nitrogens with zero attached hydrogens (tertiary/aromatic N) is 2. The van der Waals surface area contributed by atoms with E-state index in [1.54, 1.807) is 31.9 Å². The minimum atomic E-state index is -1.15. The molecule has 2 fully saturated rings. The van der Waals surface area contributed by atoms with Gasteiger partial charge in [-0.15, -0.1) is 0 Å². The summed E-state index contributed by atoms with van der Waals surface area (Å²) in [6.07, 6.45) is 6.66. The topological polar surface area (TPSA) is 175 Å². The van der Waals surface area contributed by atoms with E-state index >= 15 is 0 Å². The van der Waals surface area contributed by atoms with E-state index in [0.717, 1.165) is 44.1 Å². The number of alkyl carbamates (subject to hydrolysis) is 1. The number of imidazole rings is 1. The van der Waals surface area contributed by atoms with E-state index in [2.05, 4.69) is 25.9 Å². The quantitative estimate of drug-likeness (QED) is 0.191. The number of aromatic nitrogens is 2. The number of amides is 4. The number of hydrogen-bond acceptors (Lipinski definition) is 8. The third-order valence-electron chi connectivity index (χ3n) is 8.74. The SMILES string of the molecule is CCCN1C[C@@H]([C@H](O)[C@H](CC2CCCCC2)NC(=O)[C@H](Cc2cnc[nH]2)NC(=O)[C@H](Cc2ccccc2)NC(=O)OC(C)(C)C)OC1=O. The summed E-state index contributed by atoms with van der Waals surface area (Å²) in [5, 5.41) is 20.1. The maximum absolute atomic E-state index is 14.1. The maximum Gasteiger partial charge on any atom is 0.410 e. The standard InChI is InChI=1S/C35H52N6O7/c1-5-16-41-21-29(47-34(41)46)30(42)26(17-23-12-8-6-9-13-23)38-32(44)28(19-25-20-36-22-37-25)39-31(43)27(18-24-14-10-7-11-15-24)40-33(45)48-35(2,3)4/h7,10-11,14-15,20,22-23,26-30,42H,5-6,8-9,12-13,16-19,21H2,1-4H3,(H,36,37)(H,38,44)(H,39,43)(H,40,45)/t26-,27-,28-,29-,30+/m0/s1. The fourth-order valence-corrected chi connectivity index (χ4v) is 6.38. The van der Waals surface area contributed by atoms with Gasteiger partial charge in [-0.3, -0.25) is 9.59 Å². The van der Waals surface area contributed by atoms with Gasteiger partial charge in [0.15, 0.2) is 0 Å². The van der Waals surface area contributed by atoms with E-state index in [-0.39, 0.29) is 25.3 Å². The summed E-state index contributed by atoms with van der Waals surface area (Å²) in [5.41, 5.74) is 0.637. The molecule has 13 heteroatoms. The van der Waals surface area contributed by atoms with Crippen molar-refractivity contribution < 1.29 is 33.8 Å². The van der Waals surface area contributed by atoms with Crippen LogP contribution in [0.2, 0.25) is 0 Å². The van der Waals surface area contributed by atoms with Gasteiger partial charge in [0.2, 0.25) is 11.8 Å². The molecule has 1 aromatic carbocycles. The molecule has 0 radical (unpaired) electrons. The third kappa shape index (κ3) is 11.2. The van der Waals surface area contributed by atoms with Gasteiger partial charge in [-0.1, -0.05) is 69.4 Å². The van der Waals surface area contributed by atoms with Gasteiger partial charge in [0.05, 0.1) is 18.9 Å². The number of aliphatic hydroxyl groups is 1. The van der Waals surface area contributed by atoms with Crippen LogP contribution >= 0.6 is 0 Å². The normalized spacial score (nSPS) is 19.5. The predicted molar refractivity (Wildman–Crippen MR) is 179 cm³/mol. The molecular formula is C35H52N6O7. The first kappa shape index (κ1) is 36.7. The van der Waals surface area contributed by atoms with E-state index in [0.29, 0.717) is 18.7 Å². The molecule has 0 bridgehead atoms. The Morgan fingerprint density at radius 3 is 2.38 bits per heavy atom. The summed E-state index contributed by atoms with van der Waals surface area (Å²) in [5.74, 6) is -0.798. The van der Waals surface area contributed by atoms with Crippen LogP contribution in [0.25, 0.3) is 0 Å². The van der Waals surface area contributed by atoms with Crippen LogP contribution in [-0.4, -0.2) is 93.0 Å². The van der Waals surface area contributed by atoms with Crippen LogP contribution < -0.4 is 16.0 Å². The second-order valence-corrected chi connectivity index (χ2v) is 13.9. The molecule has 13 nitrogen and oxygen atoms in total. The molecule has 1 aliphatic heterocycles. The number of aromatic amines is 1. The van der Waals surface area contributed by atoms with Crippen LogP contribution in [0, 0.1) is 5.92 Å². The lowest BCUT2D eigenvalue weighted by Gasteiger charge is -2.33. The molecule has 1 saturated carbocycles. The second kappa shape index (κ2) is 17.3. The van der Waals surface area contributed by atoms with Crippen molar-refractivity contribution >= 4 is 24.0 Å². The summed E-state index contributed by atoms with van der Waals surface area (Å²) in [7, 11) is 0. The van der Waals surface area contributed by atoms with Gasteiger partial charge in [0, 0.05) is 31.3 Å². The number of cyclic esters (lactones) is 1. The van der Waals surface area contributed by atoms with E-state index < -0.39 is 59.9 Å². The van der Waals surface area contributed by atoms with E-state index in [9.17, 15) is 24.3 Å². The summed E-state index contributed by atoms with van der Waals surface area (Å²) in [6, 6.07) is 6.38. The van der Waals surface area contributed by atoms with Crippen LogP contribution in [0.15, 0.2) is 42.9 Å². The van der Waals surface area contributed by atoms with Crippen molar-refractivity contribution in [1.82, 2.24) is 30.8 Å². The Kier molecular flexibility index (Phi) is 13.2. The molecule has 1 aromatic heterocycles. The summed E-state index contributed by atoms with van der Waals surface area (Å²) >= 11 is 0. The molecule has 48 heavy (non-hydrogen) atoms. The largest absolute Gasteiger partial charge is 0.444 e. The van der Waals surface area contributed by atoms with Gasteiger partial charge in [-0.2, -0.15) is 0 Å². The van der Waals surface area contributed by atoms with Gasteiger partial charge < -0.3 is 40.4 Å². The first-order chi connectivity index (χ1) is 22.9. The highest BCUT2D eigenvalue weighted by Gasteiger charge is 2.41. The van der Waals surface area contributed by atoms with Crippen LogP contribution in [0.1, 0.15) is 83.9 Å². The molecule has 5 N–H and O–H groups in total. The first-order valence-corrected chi connectivity index (χ1v) is 17.2. The average Bonchev–Trinajstić information content (AvgIpc) is 3.69. The van der Waals surface area contributed by atoms with Gasteiger partial charge in [-0.05, 0) is 45.1 Å². The number of benzene rings is 1. The molecule has 1 aliphatic carbocycles. The molecule has 0 unspecified atom stereocenters. The van der Waals surface area contributed by atoms with Crippen molar-refractivity contribution in [2.75, 3.05) is 13.1 Å². The lowest BCUT2D eigenvalue weighted by Crippen LogP contribution is -2.58. The molecule has 264 valence electrons. The molecule has 4 amide bonds. The Labute approximate surface area is 282 Å². The molecule has 4 rings (SSSR count). The minimum absolute atomic E-state index is 0.0804. The number of hydrogen-bond donors (Lipinski definition) is 5. The maximum atomic E-state index is 14.1. The number of nitrogens with one attached hydrogen (secondary N) is 4. The number of rotatable bonds is 15. The van der Waals surface area contributed by atoms with Crippen molar-refractivity contribution in [2.24, 2.45) is 5.92 Å². The molecule has 5 atom stereocenters. The van der Waals surface area contributed by atoms with Crippen LogP contribution in [-0.2, 0) is 31.9 Å². The number of ether oxygens (including phenoxy) is 2. The zero-order chi connectivity index (χ0) is 34.7. The number of aliphatic hydroxyl groups excluding tert-OH is 1. The van der Waals surface area contributed by atoms with Crippen LogP contribution in [0.4, 0.5) is 9.59 Å². The Balaban J connectivity index is 1.55. The monoisotopic (exact) mass is 668 g/mol. The first-order valence-electron chi connectivity index (χ1n) is 17.2. The van der Waals surface area contributed by atoms with Crippen molar-refractivity contribution in [3.8, 4) is 0 Å². The molecular weight excluding hydrogens is 616 g/mol. The summed E-state index contributed by atoms with van der Waals surface area (Å²) in [6.45, 7) is 7.91. The van der Waals surface area contributed by atoms with Crippen molar-refractivity contribution in [1.29, 1.82) is 0 Å². The predicted octanol–water partition coefficient (Wildman–Crippen LogP) is 3.62. The highest BCUT2D eigenvalue weighted by molar-refractivity contribution is 5.91. The number of H-pyrrole nitrogens is 1. The van der Waals surface area contributed by atoms with Gasteiger partial charge >= 0.3 is 12.2 Å². The Hall–Kier alpha value is -4.13. The summed E-state index contributed by atoms with van der Waals surface area (Å²) < 4.78 is 11.0. The molecule has 2 aromatic rings. The van der Waals surface area contributed by atoms with Crippen molar-refractivity contribution in [3.63, 3.8) is 0 Å². The highest BCUT2D eigenvalue weighted by Crippen LogP contribution is 2.29. The van der Waals surface area contributed by atoms with Gasteiger partial charge in [0.25, 0.3) is 0 Å². The zero-order valence-electron chi connectivity index (χ0n) is 28.6. The van der Waals surface area contributed by atoms with E-state index in [4.69, 9.17) is 9.47 Å². The Morgan fingerprint density at radius 1 is 1.04 bits per heavy atom. The highest BCUT2D eigenvalue weighted by atomic mass is 16.6. The molecule has 2 heterocycles. The summed E-state index contributed by atoms with van der Waals surface area (Å²) in [4.78, 5) is 61.9. The van der Waals surface area contributed by atoms with Crippen LogP contribution in [0.5, 0.6) is 0 Å². The number of carbonyl (C=O) groups is 4. The Morgan fingerprint density at radius 2 is 1.73 bits per heavy atom. The number of carbonyl (C=O) groups excluding carboxylic acids is 4. The molecule has 2 aliphatic rings. The van der Waals surface area contributed by atoms with Crippen molar-refractivity contribution in [3.05, 3.63) is 54.1 Å². The van der Waals surface area contributed by atoms with Gasteiger partial charge in [-0.25, -0.2) is 14.6 Å². The van der Waals surface area contributed by atoms with E-state index in [1.807, 2.05) is 37.3 Å². The second-order valence-electron chi connectivity index (χ2n) is 13.9. The fraction of sp³-hybridized carbons (Fsp3) is 0.629. The fourth-order valence-electron chi connectivity index (χ4n) is 6.38. The lowest BCUT2D eigenvalue weighted by molar-refractivity contribution is -0.131. The van der Waals surface area contributed by atoms with Gasteiger partial charge in [0.1, 0.15) is 29.9 Å². The van der Waals surface area contributed by atoms with Crippen LogP contribution in [0.3, 0.4) is 0 Å². The third-order valence-corrected chi connectivity index (χ3v) is 8.74. The minimum Gasteiger partial charge on any atom is -0.444 e.